The lowest BCUT2D eigenvalue weighted by Gasteiger charge is -2.26. The molecule has 1 amide bonds. The van der Waals surface area contributed by atoms with E-state index in [1.807, 2.05) is 0 Å². The summed E-state index contributed by atoms with van der Waals surface area (Å²) in [6.45, 7) is 0. The maximum absolute atomic E-state index is 13.3. The molecule has 5 nitrogen and oxygen atoms in total. The van der Waals surface area contributed by atoms with Crippen LogP contribution >= 0.6 is 0 Å². The average Bonchev–Trinajstić information content (AvgIpc) is 3.04. The number of Topliss-reactive ketones (excluding diaryl/α,β-unsaturated/α-hetero) is 1. The summed E-state index contributed by atoms with van der Waals surface area (Å²) in [7, 11) is 0. The lowest BCUT2D eigenvalue weighted by molar-refractivity contribution is -0.137. The monoisotopic (exact) mass is 457 g/mol. The van der Waals surface area contributed by atoms with Gasteiger partial charge in [-0.2, -0.15) is 13.2 Å². The third kappa shape index (κ3) is 4.05. The van der Waals surface area contributed by atoms with E-state index in [4.69, 9.17) is 0 Å². The number of aromatic hydroxyl groups is 1. The Morgan fingerprint density at radius 1 is 0.909 bits per heavy atom. The summed E-state index contributed by atoms with van der Waals surface area (Å²) in [6.07, 6.45) is -4.60. The topological polar surface area (TPSA) is 77.8 Å². The van der Waals surface area contributed by atoms with Crippen molar-refractivity contribution < 1.29 is 37.4 Å². The van der Waals surface area contributed by atoms with Gasteiger partial charge in [0.25, 0.3) is 11.7 Å². The highest BCUT2D eigenvalue weighted by Crippen LogP contribution is 2.43. The number of phenols is 1. The second-order valence-electron chi connectivity index (χ2n) is 7.32. The first-order valence-electron chi connectivity index (χ1n) is 9.61. The number of alkyl halides is 3. The molecule has 1 fully saturated rings. The van der Waals surface area contributed by atoms with Gasteiger partial charge in [0.1, 0.15) is 17.3 Å². The van der Waals surface area contributed by atoms with Gasteiger partial charge in [0.2, 0.25) is 0 Å². The number of aliphatic hydroxyl groups excluding tert-OH is 1. The van der Waals surface area contributed by atoms with Gasteiger partial charge in [0.15, 0.2) is 0 Å². The number of benzene rings is 3. The first-order valence-corrected chi connectivity index (χ1v) is 9.61. The predicted molar refractivity (Wildman–Crippen MR) is 111 cm³/mol. The molecule has 1 unspecified atom stereocenters. The zero-order valence-electron chi connectivity index (χ0n) is 16.7. The van der Waals surface area contributed by atoms with Crippen LogP contribution in [-0.4, -0.2) is 21.9 Å². The molecule has 0 saturated carbocycles. The molecule has 4 rings (SSSR count). The van der Waals surface area contributed by atoms with Crippen molar-refractivity contribution in [3.05, 3.63) is 101 Å². The number of nitrogens with zero attached hydrogens (tertiary/aromatic N) is 1. The van der Waals surface area contributed by atoms with E-state index in [1.165, 1.54) is 36.4 Å². The smallest absolute Gasteiger partial charge is 0.416 e. The minimum atomic E-state index is -4.60. The van der Waals surface area contributed by atoms with Gasteiger partial charge < -0.3 is 10.2 Å². The molecule has 0 spiro atoms. The normalized spacial score (nSPS) is 18.1. The molecule has 168 valence electrons. The molecule has 0 aliphatic carbocycles. The molecule has 1 aliphatic rings. The predicted octanol–water partition coefficient (Wildman–Crippen LogP) is 5.18. The van der Waals surface area contributed by atoms with Crippen LogP contribution in [0.5, 0.6) is 5.75 Å². The van der Waals surface area contributed by atoms with Crippen molar-refractivity contribution in [3.63, 3.8) is 0 Å². The van der Waals surface area contributed by atoms with Crippen molar-refractivity contribution in [1.29, 1.82) is 0 Å². The maximum atomic E-state index is 13.3. The summed E-state index contributed by atoms with van der Waals surface area (Å²) in [6, 6.07) is 12.5. The summed E-state index contributed by atoms with van der Waals surface area (Å²) < 4.78 is 52.2. The highest BCUT2D eigenvalue weighted by molar-refractivity contribution is 6.51. The third-order valence-electron chi connectivity index (χ3n) is 5.22. The number of anilines is 1. The zero-order valence-corrected chi connectivity index (χ0v) is 16.7. The second kappa shape index (κ2) is 8.09. The van der Waals surface area contributed by atoms with Gasteiger partial charge in [-0.25, -0.2) is 4.39 Å². The molecule has 0 radical (unpaired) electrons. The minimum absolute atomic E-state index is 0.0170. The Bertz CT molecular complexity index is 1260. The molecule has 1 aliphatic heterocycles. The van der Waals surface area contributed by atoms with E-state index < -0.39 is 41.0 Å². The van der Waals surface area contributed by atoms with Crippen LogP contribution in [0.4, 0.5) is 23.2 Å². The number of ketones is 1. The largest absolute Gasteiger partial charge is 0.508 e. The molecule has 3 aromatic carbocycles. The van der Waals surface area contributed by atoms with Gasteiger partial charge >= 0.3 is 6.18 Å². The molecular formula is C24H15F4NO4. The fraction of sp³-hybridized carbons (Fsp3) is 0.0833. The Balaban J connectivity index is 1.91. The number of phenolic OH excluding ortho intramolecular Hbond substituents is 1. The van der Waals surface area contributed by atoms with Gasteiger partial charge in [-0.3, -0.25) is 14.5 Å². The lowest BCUT2D eigenvalue weighted by Crippen LogP contribution is -2.29. The highest BCUT2D eigenvalue weighted by Gasteiger charge is 2.47. The number of aliphatic hydroxyl groups is 1. The van der Waals surface area contributed by atoms with Crippen LogP contribution in [0.15, 0.2) is 78.4 Å². The molecule has 9 heteroatoms. The van der Waals surface area contributed by atoms with Gasteiger partial charge in [-0.05, 0) is 66.2 Å². The fourth-order valence-corrected chi connectivity index (χ4v) is 3.68. The summed E-state index contributed by atoms with van der Waals surface area (Å²) in [5.74, 6) is -3.51. The highest BCUT2D eigenvalue weighted by atomic mass is 19.4. The second-order valence-corrected chi connectivity index (χ2v) is 7.32. The molecule has 2 N–H and O–H groups in total. The molecule has 0 bridgehead atoms. The summed E-state index contributed by atoms with van der Waals surface area (Å²) in [5, 5.41) is 20.8. The minimum Gasteiger partial charge on any atom is -0.508 e. The van der Waals surface area contributed by atoms with E-state index in [2.05, 4.69) is 0 Å². The molecule has 1 saturated heterocycles. The summed E-state index contributed by atoms with van der Waals surface area (Å²) >= 11 is 0. The van der Waals surface area contributed by atoms with Crippen molar-refractivity contribution in [1.82, 2.24) is 0 Å². The number of amides is 1. The van der Waals surface area contributed by atoms with Gasteiger partial charge in [-0.15, -0.1) is 0 Å². The Hall–Kier alpha value is -4.14. The number of hydrogen-bond acceptors (Lipinski definition) is 4. The van der Waals surface area contributed by atoms with E-state index in [0.717, 1.165) is 41.3 Å². The quantitative estimate of drug-likeness (QED) is 0.246. The van der Waals surface area contributed by atoms with Gasteiger partial charge in [-0.1, -0.05) is 12.1 Å². The first kappa shape index (κ1) is 22.1. The van der Waals surface area contributed by atoms with Crippen molar-refractivity contribution >= 4 is 23.1 Å². The van der Waals surface area contributed by atoms with E-state index in [0.29, 0.717) is 0 Å². The molecular weight excluding hydrogens is 442 g/mol. The molecule has 1 heterocycles. The van der Waals surface area contributed by atoms with Crippen LogP contribution in [0.25, 0.3) is 5.76 Å². The SMILES string of the molecule is O=C1C(=O)N(c2ccc(C(F)(F)F)cc2)C(c2cccc(O)c2)/C1=C(\O)c1ccc(F)cc1. The first-order chi connectivity index (χ1) is 15.6. The van der Waals surface area contributed by atoms with Crippen molar-refractivity contribution in [2.75, 3.05) is 4.90 Å². The maximum Gasteiger partial charge on any atom is 0.416 e. The van der Waals surface area contributed by atoms with Crippen molar-refractivity contribution in [2.45, 2.75) is 12.2 Å². The summed E-state index contributed by atoms with van der Waals surface area (Å²) in [5.41, 5.74) is -1.01. The van der Waals surface area contributed by atoms with Crippen molar-refractivity contribution in [2.24, 2.45) is 0 Å². The lowest BCUT2D eigenvalue weighted by atomic mass is 9.95. The Labute approximate surface area is 184 Å². The van der Waals surface area contributed by atoms with E-state index >= 15 is 0 Å². The van der Waals surface area contributed by atoms with Crippen LogP contribution in [0, 0.1) is 5.82 Å². The number of carbonyl (C=O) groups is 2. The van der Waals surface area contributed by atoms with E-state index in [9.17, 15) is 37.4 Å². The fourth-order valence-electron chi connectivity index (χ4n) is 3.68. The van der Waals surface area contributed by atoms with Gasteiger partial charge in [0, 0.05) is 11.3 Å². The van der Waals surface area contributed by atoms with Crippen LogP contribution in [0.3, 0.4) is 0 Å². The molecule has 33 heavy (non-hydrogen) atoms. The number of rotatable bonds is 3. The third-order valence-corrected chi connectivity index (χ3v) is 5.22. The average molecular weight is 457 g/mol. The standard InChI is InChI=1S/C24H15F4NO4/c25-16-8-4-13(5-9-16)21(31)19-20(14-2-1-3-18(30)12-14)29(23(33)22(19)32)17-10-6-15(7-11-17)24(26,27)28/h1-12,20,30-31H/b21-19+. The molecule has 3 aromatic rings. The summed E-state index contributed by atoms with van der Waals surface area (Å²) in [4.78, 5) is 26.8. The Morgan fingerprint density at radius 2 is 1.55 bits per heavy atom. The molecule has 0 aromatic heterocycles. The number of carbonyl (C=O) groups excluding carboxylic acids is 2. The van der Waals surface area contributed by atoms with Crippen LogP contribution in [0.2, 0.25) is 0 Å². The van der Waals surface area contributed by atoms with E-state index in [1.54, 1.807) is 0 Å². The Kier molecular flexibility index (Phi) is 5.41. The number of halogens is 4. The molecule has 1 atom stereocenters. The number of hydrogen-bond donors (Lipinski definition) is 2. The zero-order chi connectivity index (χ0) is 23.9. The van der Waals surface area contributed by atoms with Crippen LogP contribution < -0.4 is 4.90 Å². The Morgan fingerprint density at radius 3 is 2.12 bits per heavy atom. The van der Waals surface area contributed by atoms with Crippen molar-refractivity contribution in [3.8, 4) is 5.75 Å². The van der Waals surface area contributed by atoms with E-state index in [-0.39, 0.29) is 28.1 Å². The van der Waals surface area contributed by atoms with Crippen LogP contribution in [0.1, 0.15) is 22.7 Å². The van der Waals surface area contributed by atoms with Gasteiger partial charge in [0.05, 0.1) is 17.2 Å². The van der Waals surface area contributed by atoms with Crippen LogP contribution in [-0.2, 0) is 15.8 Å².